The van der Waals surface area contributed by atoms with Crippen molar-refractivity contribution >= 4 is 22.7 Å². The molecule has 1 atom stereocenters. The Morgan fingerprint density at radius 3 is 2.53 bits per heavy atom. The minimum absolute atomic E-state index is 0.0965. The second-order valence-corrected chi connectivity index (χ2v) is 9.07. The first-order valence-corrected chi connectivity index (χ1v) is 11.7. The van der Waals surface area contributed by atoms with Crippen molar-refractivity contribution in [1.29, 1.82) is 0 Å². The lowest BCUT2D eigenvalue weighted by molar-refractivity contribution is 0.0600. The largest absolute Gasteiger partial charge is 0.465 e. The van der Waals surface area contributed by atoms with Gasteiger partial charge in [-0.2, -0.15) is 0 Å². The van der Waals surface area contributed by atoms with Gasteiger partial charge in [0.2, 0.25) is 0 Å². The number of ketones is 1. The lowest BCUT2D eigenvalue weighted by Gasteiger charge is -2.31. The fraction of sp³-hybridized carbons (Fsp3) is 0.407. The smallest absolute Gasteiger partial charge is 0.337 e. The first-order valence-electron chi connectivity index (χ1n) is 11.7. The molecule has 32 heavy (non-hydrogen) atoms. The van der Waals surface area contributed by atoms with Crippen molar-refractivity contribution < 1.29 is 14.3 Å². The maximum atomic E-state index is 13.6. The minimum Gasteiger partial charge on any atom is -0.465 e. The number of nitrogens with zero attached hydrogens (tertiary/aromatic N) is 2. The summed E-state index contributed by atoms with van der Waals surface area (Å²) >= 11 is 0. The predicted molar refractivity (Wildman–Crippen MR) is 125 cm³/mol. The van der Waals surface area contributed by atoms with Crippen LogP contribution in [0.1, 0.15) is 57.7 Å². The number of piperidine rings is 1. The number of methoxy groups -OCH3 is 1. The number of carbonyl (C=O) groups excluding carboxylic acids is 2. The molecular weight excluding hydrogens is 400 g/mol. The lowest BCUT2D eigenvalue weighted by atomic mass is 9.84. The van der Waals surface area contributed by atoms with Crippen molar-refractivity contribution in [2.24, 2.45) is 5.92 Å². The van der Waals surface area contributed by atoms with Crippen LogP contribution < -0.4 is 0 Å². The molecule has 0 saturated carbocycles. The molecule has 2 heterocycles. The van der Waals surface area contributed by atoms with Crippen LogP contribution in [-0.2, 0) is 17.7 Å². The minimum atomic E-state index is -0.328. The molecule has 1 aromatic heterocycles. The van der Waals surface area contributed by atoms with Crippen LogP contribution in [0.15, 0.2) is 48.5 Å². The van der Waals surface area contributed by atoms with Gasteiger partial charge in [-0.1, -0.05) is 36.8 Å². The Balaban J connectivity index is 1.46. The summed E-state index contributed by atoms with van der Waals surface area (Å²) in [5.74, 6) is 0.0812. The summed E-state index contributed by atoms with van der Waals surface area (Å²) in [5, 5.41) is 1.07. The number of rotatable bonds is 5. The van der Waals surface area contributed by atoms with Crippen molar-refractivity contribution in [3.63, 3.8) is 0 Å². The van der Waals surface area contributed by atoms with Crippen LogP contribution in [0, 0.1) is 5.92 Å². The molecule has 5 rings (SSSR count). The van der Waals surface area contributed by atoms with E-state index in [-0.39, 0.29) is 11.9 Å². The third-order valence-electron chi connectivity index (χ3n) is 7.07. The second kappa shape index (κ2) is 8.91. The second-order valence-electron chi connectivity index (χ2n) is 9.07. The highest BCUT2D eigenvalue weighted by Gasteiger charge is 2.33. The molecule has 0 amide bonds. The highest BCUT2D eigenvalue weighted by atomic mass is 16.5. The molecule has 3 aromatic rings. The van der Waals surface area contributed by atoms with Crippen molar-refractivity contribution in [1.82, 2.24) is 9.47 Å². The van der Waals surface area contributed by atoms with Crippen LogP contribution in [0.25, 0.3) is 10.9 Å². The van der Waals surface area contributed by atoms with Crippen LogP contribution in [-0.4, -0.2) is 48.0 Å². The van der Waals surface area contributed by atoms with E-state index in [2.05, 4.69) is 21.6 Å². The standard InChI is InChI=1S/C27H30N2O3/c1-32-27(31)20-11-9-19(10-12-20)17-29-23-8-4-3-7-22(23)25-24(29)14-13-21(26(25)30)18-28-15-5-2-6-16-28/h3-4,7-12,21H,2,5-6,13-18H2,1H3. The van der Waals surface area contributed by atoms with Crippen LogP contribution >= 0.6 is 0 Å². The zero-order valence-electron chi connectivity index (χ0n) is 18.7. The molecule has 5 heteroatoms. The molecule has 1 saturated heterocycles. The fourth-order valence-electron chi connectivity index (χ4n) is 5.39. The molecule has 166 valence electrons. The van der Waals surface area contributed by atoms with E-state index in [4.69, 9.17) is 4.74 Å². The van der Waals surface area contributed by atoms with Crippen LogP contribution in [0.5, 0.6) is 0 Å². The SMILES string of the molecule is COC(=O)c1ccc(Cn2c3c(c4ccccc42)C(=O)C(CN2CCCCC2)CC3)cc1. The number of aromatic nitrogens is 1. The maximum absolute atomic E-state index is 13.6. The van der Waals surface area contributed by atoms with Gasteiger partial charge in [0.25, 0.3) is 0 Å². The zero-order valence-corrected chi connectivity index (χ0v) is 18.7. The molecule has 2 aliphatic rings. The Morgan fingerprint density at radius 1 is 1.03 bits per heavy atom. The normalized spacial score (nSPS) is 19.2. The Kier molecular flexibility index (Phi) is 5.83. The van der Waals surface area contributed by atoms with Gasteiger partial charge in [-0.25, -0.2) is 4.79 Å². The van der Waals surface area contributed by atoms with Crippen LogP contribution in [0.3, 0.4) is 0 Å². The number of hydrogen-bond donors (Lipinski definition) is 0. The topological polar surface area (TPSA) is 51.5 Å². The molecule has 1 unspecified atom stereocenters. The molecule has 0 radical (unpaired) electrons. The number of ether oxygens (including phenoxy) is 1. The Morgan fingerprint density at radius 2 is 1.78 bits per heavy atom. The Bertz CT molecular complexity index is 1140. The molecule has 5 nitrogen and oxygen atoms in total. The van der Waals surface area contributed by atoms with Gasteiger partial charge in [0, 0.05) is 41.2 Å². The third-order valence-corrected chi connectivity index (χ3v) is 7.07. The van der Waals surface area contributed by atoms with Crippen molar-refractivity contribution in [2.45, 2.75) is 38.6 Å². The van der Waals surface area contributed by atoms with Gasteiger partial charge >= 0.3 is 5.97 Å². The van der Waals surface area contributed by atoms with Gasteiger partial charge in [0.1, 0.15) is 0 Å². The number of benzene rings is 2. The van der Waals surface area contributed by atoms with Gasteiger partial charge in [0.15, 0.2) is 5.78 Å². The molecule has 0 spiro atoms. The monoisotopic (exact) mass is 430 g/mol. The van der Waals surface area contributed by atoms with Crippen molar-refractivity contribution in [3.8, 4) is 0 Å². The maximum Gasteiger partial charge on any atom is 0.337 e. The third kappa shape index (κ3) is 3.86. The molecule has 1 aliphatic heterocycles. The van der Waals surface area contributed by atoms with E-state index >= 15 is 0 Å². The fourth-order valence-corrected chi connectivity index (χ4v) is 5.39. The summed E-state index contributed by atoms with van der Waals surface area (Å²) < 4.78 is 7.10. The Labute approximate surface area is 189 Å². The van der Waals surface area contributed by atoms with E-state index < -0.39 is 0 Å². The van der Waals surface area contributed by atoms with Gasteiger partial charge in [-0.3, -0.25) is 4.79 Å². The highest BCUT2D eigenvalue weighted by molar-refractivity contribution is 6.11. The van der Waals surface area contributed by atoms with E-state index in [0.717, 1.165) is 60.2 Å². The first kappa shape index (κ1) is 21.0. The lowest BCUT2D eigenvalue weighted by Crippen LogP contribution is -2.38. The molecular formula is C27H30N2O3. The summed E-state index contributed by atoms with van der Waals surface area (Å²) in [6, 6.07) is 15.8. The van der Waals surface area contributed by atoms with Crippen LogP contribution in [0.4, 0.5) is 0 Å². The Hall–Kier alpha value is -2.92. The number of para-hydroxylation sites is 1. The van der Waals surface area contributed by atoms with E-state index in [1.54, 1.807) is 12.1 Å². The van der Waals surface area contributed by atoms with Crippen molar-refractivity contribution in [3.05, 3.63) is 70.9 Å². The molecule has 1 aliphatic carbocycles. The van der Waals surface area contributed by atoms with Gasteiger partial charge in [-0.05, 0) is 62.5 Å². The summed E-state index contributed by atoms with van der Waals surface area (Å²) in [7, 11) is 1.39. The number of likely N-dealkylation sites (tertiary alicyclic amines) is 1. The summed E-state index contributed by atoms with van der Waals surface area (Å²) in [5.41, 5.74) is 4.85. The average molecular weight is 431 g/mol. The van der Waals surface area contributed by atoms with Crippen molar-refractivity contribution in [2.75, 3.05) is 26.7 Å². The highest BCUT2D eigenvalue weighted by Crippen LogP contribution is 2.35. The van der Waals surface area contributed by atoms with Crippen LogP contribution in [0.2, 0.25) is 0 Å². The van der Waals surface area contributed by atoms with Gasteiger partial charge < -0.3 is 14.2 Å². The summed E-state index contributed by atoms with van der Waals surface area (Å²) in [4.78, 5) is 27.9. The van der Waals surface area contributed by atoms with E-state index in [1.165, 1.54) is 26.4 Å². The quantitative estimate of drug-likeness (QED) is 0.550. The number of carbonyl (C=O) groups is 2. The number of esters is 1. The molecule has 0 N–H and O–H groups in total. The van der Waals surface area contributed by atoms with E-state index in [0.29, 0.717) is 17.9 Å². The zero-order chi connectivity index (χ0) is 22.1. The predicted octanol–water partition coefficient (Wildman–Crippen LogP) is 4.71. The van der Waals surface area contributed by atoms with Gasteiger partial charge in [0.05, 0.1) is 12.7 Å². The molecule has 2 aromatic carbocycles. The summed E-state index contributed by atoms with van der Waals surface area (Å²) in [6.45, 7) is 3.83. The van der Waals surface area contributed by atoms with Gasteiger partial charge in [-0.15, -0.1) is 0 Å². The summed E-state index contributed by atoms with van der Waals surface area (Å²) in [6.07, 6.45) is 5.66. The average Bonchev–Trinajstić information content (AvgIpc) is 3.15. The van der Waals surface area contributed by atoms with E-state index in [1.807, 2.05) is 24.3 Å². The first-order chi connectivity index (χ1) is 15.7. The molecule has 0 bridgehead atoms. The number of fused-ring (bicyclic) bond motifs is 3. The number of Topliss-reactive ketones (excluding diaryl/α,β-unsaturated/α-hetero) is 1. The van der Waals surface area contributed by atoms with E-state index in [9.17, 15) is 9.59 Å². The number of hydrogen-bond acceptors (Lipinski definition) is 4. The molecule has 1 fully saturated rings.